The molecule has 1 N–H and O–H groups in total. The van der Waals surface area contributed by atoms with Crippen LogP contribution in [-0.4, -0.2) is 34.3 Å². The highest BCUT2D eigenvalue weighted by Crippen LogP contribution is 2.56. The van der Waals surface area contributed by atoms with E-state index in [9.17, 15) is 24.3 Å². The van der Waals surface area contributed by atoms with Crippen LogP contribution < -0.4 is 0 Å². The highest BCUT2D eigenvalue weighted by atomic mass is 16.5. The zero-order valence-electron chi connectivity index (χ0n) is 24.1. The van der Waals surface area contributed by atoms with Crippen molar-refractivity contribution in [2.75, 3.05) is 0 Å². The predicted octanol–water partition coefficient (Wildman–Crippen LogP) is 5.79. The Morgan fingerprint density at radius 3 is 1.61 bits per heavy atom. The zero-order chi connectivity index (χ0) is 27.9. The first-order valence-corrected chi connectivity index (χ1v) is 13.2. The molecule has 3 atom stereocenters. The molecule has 1 aliphatic heterocycles. The van der Waals surface area contributed by atoms with Crippen molar-refractivity contribution in [3.63, 3.8) is 0 Å². The van der Waals surface area contributed by atoms with Crippen molar-refractivity contribution in [1.29, 1.82) is 0 Å². The van der Waals surface area contributed by atoms with Gasteiger partial charge >= 0.3 is 0 Å². The number of ether oxygens (including phenoxy) is 1. The molecule has 3 aliphatic rings. The number of Topliss-reactive ketones (excluding diaryl/α,β-unsaturated/α-hetero) is 4. The first-order valence-electron chi connectivity index (χ1n) is 13.2. The maximum atomic E-state index is 13.9. The summed E-state index contributed by atoms with van der Waals surface area (Å²) in [5.41, 5.74) is -4.23. The maximum Gasteiger partial charge on any atom is 0.178 e. The second kappa shape index (κ2) is 8.39. The van der Waals surface area contributed by atoms with Crippen LogP contribution in [0.4, 0.5) is 0 Å². The lowest BCUT2D eigenvalue weighted by molar-refractivity contribution is -0.150. The van der Waals surface area contributed by atoms with E-state index in [4.69, 9.17) is 4.74 Å². The Labute approximate surface area is 215 Å². The molecule has 0 unspecified atom stereocenters. The standard InChI is InChI=1S/C30H44O6/c1-14(2)13-16-17(15(3)4)20(19-22(32)28(7,8)25(34)29(9,10)23(19)33)36-24-18(16)21(31)27(5,6)26(35)30(24,11)12/h14-17,20,32H,13H2,1-12H3/t16-,17-,20+/m0/s1. The SMILES string of the molecule is CC(C)C[C@@H]1C2=C(O[C@@H](C3=C(O)C(C)(C)C(=O)C(C)(C)C3=O)[C@H]1C(C)C)C(C)(C)C(=O)C(C)(C)C2=O. The maximum absolute atomic E-state index is 13.9. The fraction of sp³-hybridized carbons (Fsp3) is 0.733. The fourth-order valence-electron chi connectivity index (χ4n) is 6.81. The van der Waals surface area contributed by atoms with Crippen molar-refractivity contribution < 1.29 is 29.0 Å². The van der Waals surface area contributed by atoms with Gasteiger partial charge in [-0.25, -0.2) is 0 Å². The Kier molecular flexibility index (Phi) is 6.60. The van der Waals surface area contributed by atoms with E-state index in [1.165, 1.54) is 0 Å². The van der Waals surface area contributed by atoms with Gasteiger partial charge in [0.25, 0.3) is 0 Å². The number of aliphatic hydroxyl groups is 1. The summed E-state index contributed by atoms with van der Waals surface area (Å²) in [4.78, 5) is 54.4. The first-order chi connectivity index (χ1) is 16.1. The van der Waals surface area contributed by atoms with Gasteiger partial charge < -0.3 is 9.84 Å². The molecule has 200 valence electrons. The summed E-state index contributed by atoms with van der Waals surface area (Å²) >= 11 is 0. The summed E-state index contributed by atoms with van der Waals surface area (Å²) in [6.45, 7) is 21.6. The number of carbonyl (C=O) groups excluding carboxylic acids is 4. The van der Waals surface area contributed by atoms with Crippen LogP contribution in [0.15, 0.2) is 22.7 Å². The third kappa shape index (κ3) is 3.73. The minimum atomic E-state index is -1.34. The van der Waals surface area contributed by atoms with E-state index < -0.39 is 33.5 Å². The van der Waals surface area contributed by atoms with Crippen molar-refractivity contribution in [2.45, 2.75) is 95.6 Å². The Balaban J connectivity index is 2.40. The van der Waals surface area contributed by atoms with Gasteiger partial charge in [-0.15, -0.1) is 0 Å². The average Bonchev–Trinajstić information content (AvgIpc) is 2.74. The van der Waals surface area contributed by atoms with Gasteiger partial charge in [-0.1, -0.05) is 27.7 Å². The molecule has 6 nitrogen and oxygen atoms in total. The smallest absolute Gasteiger partial charge is 0.178 e. The van der Waals surface area contributed by atoms with Gasteiger partial charge in [0.05, 0.1) is 27.2 Å². The Morgan fingerprint density at radius 2 is 1.17 bits per heavy atom. The lowest BCUT2D eigenvalue weighted by Crippen LogP contribution is -2.58. The summed E-state index contributed by atoms with van der Waals surface area (Å²) in [7, 11) is 0. The summed E-state index contributed by atoms with van der Waals surface area (Å²) in [6, 6.07) is 0. The third-order valence-corrected chi connectivity index (χ3v) is 8.76. The highest BCUT2D eigenvalue weighted by Gasteiger charge is 2.62. The molecule has 6 heteroatoms. The molecule has 1 heterocycles. The van der Waals surface area contributed by atoms with Crippen molar-refractivity contribution in [3.05, 3.63) is 22.7 Å². The number of ketones is 4. The van der Waals surface area contributed by atoms with Gasteiger partial charge in [-0.2, -0.15) is 0 Å². The van der Waals surface area contributed by atoms with E-state index in [1.54, 1.807) is 55.4 Å². The molecule has 0 aromatic rings. The molecule has 0 aromatic carbocycles. The van der Waals surface area contributed by atoms with E-state index in [1.807, 2.05) is 13.8 Å². The molecule has 0 spiro atoms. The van der Waals surface area contributed by atoms with Gasteiger partial charge in [0.15, 0.2) is 23.1 Å². The predicted molar refractivity (Wildman–Crippen MR) is 138 cm³/mol. The Hall–Kier alpha value is -2.24. The zero-order valence-corrected chi connectivity index (χ0v) is 24.1. The highest BCUT2D eigenvalue weighted by molar-refractivity contribution is 6.20. The minimum absolute atomic E-state index is 0.0126. The molecule has 36 heavy (non-hydrogen) atoms. The number of allylic oxidation sites excluding steroid dienone is 3. The molecule has 0 saturated carbocycles. The van der Waals surface area contributed by atoms with Gasteiger partial charge in [0, 0.05) is 11.5 Å². The summed E-state index contributed by atoms with van der Waals surface area (Å²) in [5.74, 6) is -1.57. The summed E-state index contributed by atoms with van der Waals surface area (Å²) in [5, 5.41) is 11.4. The fourth-order valence-corrected chi connectivity index (χ4v) is 6.81. The third-order valence-electron chi connectivity index (χ3n) is 8.76. The van der Waals surface area contributed by atoms with Crippen molar-refractivity contribution in [2.24, 2.45) is 45.3 Å². The van der Waals surface area contributed by atoms with Crippen LogP contribution in [0, 0.1) is 45.3 Å². The Bertz CT molecular complexity index is 1090. The van der Waals surface area contributed by atoms with E-state index in [-0.39, 0.29) is 52.4 Å². The van der Waals surface area contributed by atoms with Crippen LogP contribution in [0.25, 0.3) is 0 Å². The number of carbonyl (C=O) groups is 4. The average molecular weight is 501 g/mol. The van der Waals surface area contributed by atoms with Crippen LogP contribution in [0.2, 0.25) is 0 Å². The second-order valence-electron chi connectivity index (χ2n) is 13.9. The number of hydrogen-bond acceptors (Lipinski definition) is 6. The topological polar surface area (TPSA) is 97.7 Å². The molecule has 0 saturated heterocycles. The van der Waals surface area contributed by atoms with Crippen LogP contribution in [-0.2, 0) is 23.9 Å². The minimum Gasteiger partial charge on any atom is -0.511 e. The summed E-state index contributed by atoms with van der Waals surface area (Å²) in [6.07, 6.45) is -0.213. The van der Waals surface area contributed by atoms with Gasteiger partial charge in [-0.3, -0.25) is 19.2 Å². The quantitative estimate of drug-likeness (QED) is 0.490. The molecule has 0 bridgehead atoms. The molecule has 2 aliphatic carbocycles. The van der Waals surface area contributed by atoms with Crippen LogP contribution >= 0.6 is 0 Å². The number of aliphatic hydroxyl groups excluding tert-OH is 1. The first kappa shape index (κ1) is 28.3. The van der Waals surface area contributed by atoms with E-state index in [0.717, 1.165) is 0 Å². The second-order valence-corrected chi connectivity index (χ2v) is 13.9. The molecule has 0 radical (unpaired) electrons. The molecule has 3 rings (SSSR count). The van der Waals surface area contributed by atoms with Gasteiger partial charge in [0.2, 0.25) is 0 Å². The monoisotopic (exact) mass is 500 g/mol. The molecular weight excluding hydrogens is 456 g/mol. The van der Waals surface area contributed by atoms with E-state index >= 15 is 0 Å². The van der Waals surface area contributed by atoms with E-state index in [2.05, 4.69) is 13.8 Å². The lowest BCUT2D eigenvalue weighted by Gasteiger charge is -2.52. The van der Waals surface area contributed by atoms with Crippen LogP contribution in [0.3, 0.4) is 0 Å². The van der Waals surface area contributed by atoms with Gasteiger partial charge in [-0.05, 0) is 79.6 Å². The van der Waals surface area contributed by atoms with Crippen molar-refractivity contribution in [1.82, 2.24) is 0 Å². The normalized spacial score (nSPS) is 31.2. The molecule has 0 amide bonds. The number of rotatable bonds is 4. The molecule has 0 aromatic heterocycles. The van der Waals surface area contributed by atoms with Crippen molar-refractivity contribution in [3.8, 4) is 0 Å². The summed E-state index contributed by atoms with van der Waals surface area (Å²) < 4.78 is 6.62. The largest absolute Gasteiger partial charge is 0.511 e. The lowest BCUT2D eigenvalue weighted by atomic mass is 9.55. The van der Waals surface area contributed by atoms with Crippen molar-refractivity contribution >= 4 is 23.1 Å². The molecule has 0 fully saturated rings. The number of hydrogen-bond donors (Lipinski definition) is 1. The molecular formula is C30H44O6. The van der Waals surface area contributed by atoms with Crippen LogP contribution in [0.5, 0.6) is 0 Å². The van der Waals surface area contributed by atoms with Gasteiger partial charge in [0.1, 0.15) is 17.6 Å². The van der Waals surface area contributed by atoms with Crippen LogP contribution in [0.1, 0.15) is 89.5 Å². The Morgan fingerprint density at radius 1 is 0.722 bits per heavy atom. The van der Waals surface area contributed by atoms with E-state index in [0.29, 0.717) is 17.8 Å².